The summed E-state index contributed by atoms with van der Waals surface area (Å²) >= 11 is 0. The Bertz CT molecular complexity index is 472. The van der Waals surface area contributed by atoms with Gasteiger partial charge in [-0.1, -0.05) is 27.7 Å². The van der Waals surface area contributed by atoms with Crippen LogP contribution in [0.15, 0.2) is 4.99 Å². The van der Waals surface area contributed by atoms with E-state index in [1.54, 1.807) is 7.05 Å². The maximum Gasteiger partial charge on any atom is 0.191 e. The average molecular weight is 347 g/mol. The molecule has 6 nitrogen and oxygen atoms in total. The molecular formula is C16H34N4O2S. The van der Waals surface area contributed by atoms with E-state index in [2.05, 4.69) is 48.2 Å². The second-order valence-electron chi connectivity index (χ2n) is 6.70. The second-order valence-corrected chi connectivity index (χ2v) is 8.93. The molecule has 1 aliphatic rings. The Hall–Kier alpha value is -0.820. The Morgan fingerprint density at radius 2 is 1.96 bits per heavy atom. The molecule has 2 unspecified atom stereocenters. The topological polar surface area (TPSA) is 73.8 Å². The lowest BCUT2D eigenvalue weighted by Crippen LogP contribution is -2.50. The molecule has 136 valence electrons. The summed E-state index contributed by atoms with van der Waals surface area (Å²) in [7, 11) is -1.14. The lowest BCUT2D eigenvalue weighted by atomic mass is 10.0. The zero-order valence-corrected chi connectivity index (χ0v) is 16.1. The van der Waals surface area contributed by atoms with Crippen molar-refractivity contribution in [3.63, 3.8) is 0 Å². The van der Waals surface area contributed by atoms with Crippen LogP contribution in [-0.4, -0.2) is 69.5 Å². The molecule has 2 N–H and O–H groups in total. The fourth-order valence-electron chi connectivity index (χ4n) is 3.16. The number of guanidine groups is 1. The van der Waals surface area contributed by atoms with Crippen LogP contribution in [0.25, 0.3) is 0 Å². The zero-order valence-electron chi connectivity index (χ0n) is 15.3. The molecule has 2 atom stereocenters. The van der Waals surface area contributed by atoms with E-state index in [4.69, 9.17) is 0 Å². The van der Waals surface area contributed by atoms with Gasteiger partial charge in [-0.25, -0.2) is 8.42 Å². The third kappa shape index (κ3) is 7.08. The lowest BCUT2D eigenvalue weighted by Gasteiger charge is -2.32. The molecule has 1 heterocycles. The van der Waals surface area contributed by atoms with Crippen molar-refractivity contribution in [2.45, 2.75) is 52.6 Å². The largest absolute Gasteiger partial charge is 0.355 e. The van der Waals surface area contributed by atoms with Gasteiger partial charge in [0, 0.05) is 25.7 Å². The maximum atomic E-state index is 11.6. The molecule has 0 aromatic carbocycles. The second kappa shape index (κ2) is 9.47. The van der Waals surface area contributed by atoms with Gasteiger partial charge >= 0.3 is 0 Å². The van der Waals surface area contributed by atoms with Gasteiger partial charge in [0.25, 0.3) is 0 Å². The van der Waals surface area contributed by atoms with Gasteiger partial charge < -0.3 is 10.6 Å². The number of hydrogen-bond donors (Lipinski definition) is 2. The summed E-state index contributed by atoms with van der Waals surface area (Å²) in [4.78, 5) is 6.70. The van der Waals surface area contributed by atoms with E-state index in [1.807, 2.05) is 0 Å². The van der Waals surface area contributed by atoms with Crippen molar-refractivity contribution in [3.05, 3.63) is 0 Å². The van der Waals surface area contributed by atoms with Crippen LogP contribution in [0, 0.1) is 5.92 Å². The van der Waals surface area contributed by atoms with Gasteiger partial charge in [-0.2, -0.15) is 0 Å². The average Bonchev–Trinajstić information content (AvgIpc) is 2.82. The summed E-state index contributed by atoms with van der Waals surface area (Å²) < 4.78 is 23.1. The van der Waals surface area contributed by atoms with E-state index in [9.17, 15) is 8.42 Å². The van der Waals surface area contributed by atoms with Crippen LogP contribution in [-0.2, 0) is 9.84 Å². The predicted octanol–water partition coefficient (Wildman–Crippen LogP) is 1.10. The number of nitrogens with one attached hydrogen (secondary N) is 2. The molecule has 1 rings (SSSR count). The molecule has 0 aromatic heterocycles. The van der Waals surface area contributed by atoms with Crippen LogP contribution in [0.2, 0.25) is 0 Å². The van der Waals surface area contributed by atoms with Crippen molar-refractivity contribution in [2.75, 3.05) is 38.2 Å². The first kappa shape index (κ1) is 20.2. The first-order valence-corrected chi connectivity index (χ1v) is 10.5. The van der Waals surface area contributed by atoms with Crippen LogP contribution >= 0.6 is 0 Å². The smallest absolute Gasteiger partial charge is 0.191 e. The number of sulfone groups is 1. The minimum atomic E-state index is -2.87. The molecule has 1 fully saturated rings. The molecule has 1 saturated heterocycles. The normalized spacial score (nSPS) is 22.6. The third-order valence-electron chi connectivity index (χ3n) is 4.37. The summed E-state index contributed by atoms with van der Waals surface area (Å²) in [5.74, 6) is 1.82. The fraction of sp³-hybridized carbons (Fsp3) is 0.938. The summed E-state index contributed by atoms with van der Waals surface area (Å²) in [6, 6.07) is 0.430. The van der Waals surface area contributed by atoms with Crippen molar-refractivity contribution in [2.24, 2.45) is 10.9 Å². The number of hydrogen-bond acceptors (Lipinski definition) is 4. The molecular weight excluding hydrogens is 312 g/mol. The molecule has 23 heavy (non-hydrogen) atoms. The van der Waals surface area contributed by atoms with Crippen molar-refractivity contribution in [1.82, 2.24) is 15.5 Å². The van der Waals surface area contributed by atoms with Gasteiger partial charge in [0.15, 0.2) is 15.8 Å². The summed E-state index contributed by atoms with van der Waals surface area (Å²) in [5.41, 5.74) is 0. The monoisotopic (exact) mass is 346 g/mol. The molecule has 0 spiro atoms. The van der Waals surface area contributed by atoms with Crippen LogP contribution in [0.5, 0.6) is 0 Å². The summed E-state index contributed by atoms with van der Waals surface area (Å²) in [6.45, 7) is 11.7. The number of rotatable bonds is 8. The van der Waals surface area contributed by atoms with E-state index in [0.29, 0.717) is 24.3 Å². The first-order valence-electron chi connectivity index (χ1n) is 8.72. The number of likely N-dealkylation sites (N-methyl/N-ethyl adjacent to an activating group) is 1. The molecule has 0 radical (unpaired) electrons. The molecule has 0 aromatic rings. The molecule has 0 bridgehead atoms. The van der Waals surface area contributed by atoms with E-state index in [0.717, 1.165) is 26.1 Å². The Labute approximate surface area is 142 Å². The predicted molar refractivity (Wildman–Crippen MR) is 97.7 cm³/mol. The molecule has 0 aliphatic carbocycles. The number of aliphatic imine (C=N–C) groups is 1. The van der Waals surface area contributed by atoms with Crippen molar-refractivity contribution in [3.8, 4) is 0 Å². The van der Waals surface area contributed by atoms with Crippen LogP contribution in [0.1, 0.15) is 40.5 Å². The molecule has 7 heteroatoms. The van der Waals surface area contributed by atoms with Gasteiger partial charge in [-0.05, 0) is 31.8 Å². The highest BCUT2D eigenvalue weighted by Gasteiger charge is 2.28. The van der Waals surface area contributed by atoms with Gasteiger partial charge in [0.05, 0.1) is 11.5 Å². The minimum absolute atomic E-state index is 0.0248. The van der Waals surface area contributed by atoms with Crippen molar-refractivity contribution in [1.29, 1.82) is 0 Å². The van der Waals surface area contributed by atoms with Crippen LogP contribution in [0.4, 0.5) is 0 Å². The molecule has 0 amide bonds. The quantitative estimate of drug-likeness (QED) is 0.508. The summed E-state index contributed by atoms with van der Waals surface area (Å²) in [6.07, 6.45) is 1.79. The zero-order chi connectivity index (χ0) is 17.5. The van der Waals surface area contributed by atoms with E-state index < -0.39 is 9.84 Å². The summed E-state index contributed by atoms with van der Waals surface area (Å²) in [5, 5.41) is 6.63. The van der Waals surface area contributed by atoms with Crippen molar-refractivity contribution < 1.29 is 8.42 Å². The van der Waals surface area contributed by atoms with E-state index in [1.165, 1.54) is 0 Å². The number of nitrogens with zero attached hydrogens (tertiary/aromatic N) is 2. The minimum Gasteiger partial charge on any atom is -0.355 e. The van der Waals surface area contributed by atoms with Gasteiger partial charge in [-0.15, -0.1) is 0 Å². The van der Waals surface area contributed by atoms with Gasteiger partial charge in [0.2, 0.25) is 0 Å². The SMILES string of the molecule is CCN(CC)C(CNC(=NC)NC1CCS(=O)(=O)C1)CC(C)C. The fourth-order valence-corrected chi connectivity index (χ4v) is 4.83. The Balaban J connectivity index is 2.56. The van der Waals surface area contributed by atoms with Crippen LogP contribution in [0.3, 0.4) is 0 Å². The van der Waals surface area contributed by atoms with E-state index >= 15 is 0 Å². The molecule has 1 aliphatic heterocycles. The highest BCUT2D eigenvalue weighted by atomic mass is 32.2. The Morgan fingerprint density at radius 3 is 2.39 bits per heavy atom. The van der Waals surface area contributed by atoms with Crippen LogP contribution < -0.4 is 10.6 Å². The standard InChI is InChI=1S/C16H34N4O2S/c1-6-20(7-2)15(10-13(3)4)11-18-16(17-5)19-14-8-9-23(21,22)12-14/h13-15H,6-12H2,1-5H3,(H2,17,18,19). The third-order valence-corrected chi connectivity index (χ3v) is 6.14. The highest BCUT2D eigenvalue weighted by Crippen LogP contribution is 2.12. The van der Waals surface area contributed by atoms with E-state index in [-0.39, 0.29) is 17.5 Å². The first-order chi connectivity index (χ1) is 10.8. The lowest BCUT2D eigenvalue weighted by molar-refractivity contribution is 0.191. The Kier molecular flexibility index (Phi) is 8.33. The van der Waals surface area contributed by atoms with Crippen molar-refractivity contribution >= 4 is 15.8 Å². The maximum absolute atomic E-state index is 11.6. The highest BCUT2D eigenvalue weighted by molar-refractivity contribution is 7.91. The molecule has 0 saturated carbocycles. The Morgan fingerprint density at radius 1 is 1.30 bits per heavy atom. The van der Waals surface area contributed by atoms with Gasteiger partial charge in [-0.3, -0.25) is 9.89 Å². The van der Waals surface area contributed by atoms with Gasteiger partial charge in [0.1, 0.15) is 0 Å².